The Morgan fingerprint density at radius 2 is 1.72 bits per heavy atom. The van der Waals surface area contributed by atoms with Crippen LogP contribution in [0.25, 0.3) is 11.6 Å². The molecule has 0 radical (unpaired) electrons. The first-order valence-corrected chi connectivity index (χ1v) is 6.43. The second kappa shape index (κ2) is 4.79. The quantitative estimate of drug-likeness (QED) is 0.794. The molecule has 0 aromatic heterocycles. The van der Waals surface area contributed by atoms with Gasteiger partial charge < -0.3 is 5.32 Å². The lowest BCUT2D eigenvalue weighted by Crippen LogP contribution is -2.31. The smallest absolute Gasteiger partial charge is 0.0301 e. The molecular weight excluding hydrogens is 218 g/mol. The highest BCUT2D eigenvalue weighted by molar-refractivity contribution is 5.86. The van der Waals surface area contributed by atoms with E-state index in [1.165, 1.54) is 22.3 Å². The average Bonchev–Trinajstić information content (AvgIpc) is 2.43. The van der Waals surface area contributed by atoms with E-state index in [0.717, 1.165) is 6.54 Å². The van der Waals surface area contributed by atoms with Gasteiger partial charge in [-0.05, 0) is 35.3 Å². The van der Waals surface area contributed by atoms with Gasteiger partial charge in [0.1, 0.15) is 0 Å². The fraction of sp³-hybridized carbons (Fsp3) is 0.176. The van der Waals surface area contributed by atoms with E-state index in [-0.39, 0.29) is 0 Å². The second-order valence-corrected chi connectivity index (χ2v) is 4.77. The molecule has 1 heteroatoms. The van der Waals surface area contributed by atoms with Crippen LogP contribution < -0.4 is 5.32 Å². The molecule has 1 aliphatic heterocycles. The van der Waals surface area contributed by atoms with Gasteiger partial charge in [-0.3, -0.25) is 0 Å². The topological polar surface area (TPSA) is 12.0 Å². The van der Waals surface area contributed by atoms with Crippen molar-refractivity contribution in [2.75, 3.05) is 0 Å². The minimum absolute atomic E-state index is 0.403. The van der Waals surface area contributed by atoms with Gasteiger partial charge in [-0.15, -0.1) is 0 Å². The summed E-state index contributed by atoms with van der Waals surface area (Å²) in [7, 11) is 0. The van der Waals surface area contributed by atoms with Gasteiger partial charge in [-0.2, -0.15) is 0 Å². The molecule has 1 unspecified atom stereocenters. The number of hydrogen-bond donors (Lipinski definition) is 1. The average molecular weight is 235 g/mol. The van der Waals surface area contributed by atoms with Crippen LogP contribution in [0.15, 0.2) is 54.6 Å². The molecule has 1 atom stereocenters. The largest absolute Gasteiger partial charge is 0.306 e. The van der Waals surface area contributed by atoms with E-state index in [2.05, 4.69) is 72.9 Å². The maximum absolute atomic E-state index is 3.54. The molecule has 1 N–H and O–H groups in total. The van der Waals surface area contributed by atoms with Crippen molar-refractivity contribution in [2.45, 2.75) is 19.5 Å². The molecule has 0 fully saturated rings. The molecule has 1 aliphatic rings. The van der Waals surface area contributed by atoms with Crippen LogP contribution in [0.3, 0.4) is 0 Å². The van der Waals surface area contributed by atoms with E-state index in [1.54, 1.807) is 0 Å². The number of hydrogen-bond acceptors (Lipinski definition) is 1. The molecule has 0 amide bonds. The Morgan fingerprint density at radius 3 is 2.56 bits per heavy atom. The summed E-state index contributed by atoms with van der Waals surface area (Å²) >= 11 is 0. The highest BCUT2D eigenvalue weighted by Gasteiger charge is 2.18. The van der Waals surface area contributed by atoms with Crippen molar-refractivity contribution in [3.63, 3.8) is 0 Å². The molecule has 0 aliphatic carbocycles. The predicted octanol–water partition coefficient (Wildman–Crippen LogP) is 3.72. The van der Waals surface area contributed by atoms with Gasteiger partial charge in [-0.25, -0.2) is 0 Å². The number of rotatable bonds is 1. The predicted molar refractivity (Wildman–Crippen MR) is 77.1 cm³/mol. The zero-order valence-electron chi connectivity index (χ0n) is 10.6. The normalized spacial score (nSPS) is 20.7. The summed E-state index contributed by atoms with van der Waals surface area (Å²) in [5.74, 6) is 0. The van der Waals surface area contributed by atoms with Gasteiger partial charge in [0.2, 0.25) is 0 Å². The van der Waals surface area contributed by atoms with Crippen LogP contribution in [0.2, 0.25) is 0 Å². The first-order chi connectivity index (χ1) is 8.84. The van der Waals surface area contributed by atoms with Crippen LogP contribution in [0.4, 0.5) is 0 Å². The van der Waals surface area contributed by atoms with E-state index in [0.29, 0.717) is 6.04 Å². The lowest BCUT2D eigenvalue weighted by Gasteiger charge is -2.26. The Balaban J connectivity index is 2.08. The van der Waals surface area contributed by atoms with E-state index >= 15 is 0 Å². The van der Waals surface area contributed by atoms with Crippen molar-refractivity contribution in [3.05, 3.63) is 71.3 Å². The van der Waals surface area contributed by atoms with E-state index in [1.807, 2.05) is 0 Å². The fourth-order valence-electron chi connectivity index (χ4n) is 2.49. The van der Waals surface area contributed by atoms with Gasteiger partial charge in [-0.1, -0.05) is 54.6 Å². The standard InChI is InChI=1S/C17H17N/c1-13-17(11-14-7-3-2-4-8-14)16-10-6-5-9-15(16)12-18-13/h2-11,13,18H,12H2,1H3/b17-11-. The molecule has 1 nitrogen and oxygen atoms in total. The van der Waals surface area contributed by atoms with Gasteiger partial charge in [0.15, 0.2) is 0 Å². The minimum atomic E-state index is 0.403. The van der Waals surface area contributed by atoms with Crippen LogP contribution >= 0.6 is 0 Å². The van der Waals surface area contributed by atoms with Crippen LogP contribution in [-0.4, -0.2) is 6.04 Å². The molecule has 0 saturated carbocycles. The molecule has 2 aromatic carbocycles. The van der Waals surface area contributed by atoms with Gasteiger partial charge >= 0.3 is 0 Å². The lowest BCUT2D eigenvalue weighted by molar-refractivity contribution is 0.626. The van der Waals surface area contributed by atoms with E-state index < -0.39 is 0 Å². The third kappa shape index (κ3) is 2.09. The molecular formula is C17H17N. The first kappa shape index (κ1) is 11.2. The molecule has 0 saturated heterocycles. The molecule has 0 bridgehead atoms. The third-order valence-electron chi connectivity index (χ3n) is 3.52. The second-order valence-electron chi connectivity index (χ2n) is 4.77. The molecule has 3 rings (SSSR count). The van der Waals surface area contributed by atoms with Gasteiger partial charge in [0, 0.05) is 12.6 Å². The van der Waals surface area contributed by atoms with Gasteiger partial charge in [0.25, 0.3) is 0 Å². The summed E-state index contributed by atoms with van der Waals surface area (Å²) < 4.78 is 0. The first-order valence-electron chi connectivity index (χ1n) is 6.43. The van der Waals surface area contributed by atoms with Crippen molar-refractivity contribution >= 4 is 11.6 Å². The summed E-state index contributed by atoms with van der Waals surface area (Å²) in [6, 6.07) is 19.6. The monoisotopic (exact) mass is 235 g/mol. The van der Waals surface area contributed by atoms with Crippen LogP contribution in [0.5, 0.6) is 0 Å². The zero-order chi connectivity index (χ0) is 12.4. The molecule has 18 heavy (non-hydrogen) atoms. The maximum atomic E-state index is 3.54. The van der Waals surface area contributed by atoms with E-state index in [4.69, 9.17) is 0 Å². The maximum Gasteiger partial charge on any atom is 0.0301 e. The Kier molecular flexibility index (Phi) is 2.99. The van der Waals surface area contributed by atoms with Gasteiger partial charge in [0.05, 0.1) is 0 Å². The summed E-state index contributed by atoms with van der Waals surface area (Å²) in [5, 5.41) is 3.54. The van der Waals surface area contributed by atoms with Crippen molar-refractivity contribution in [2.24, 2.45) is 0 Å². The molecule has 2 aromatic rings. The Hall–Kier alpha value is -1.86. The van der Waals surface area contributed by atoms with Crippen molar-refractivity contribution in [1.29, 1.82) is 0 Å². The highest BCUT2D eigenvalue weighted by atomic mass is 14.9. The minimum Gasteiger partial charge on any atom is -0.306 e. The Labute approximate surface area is 108 Å². The molecule has 0 spiro atoms. The Bertz CT molecular complexity index is 569. The lowest BCUT2D eigenvalue weighted by atomic mass is 9.90. The summed E-state index contributed by atoms with van der Waals surface area (Å²) in [5.41, 5.74) is 5.41. The van der Waals surface area contributed by atoms with Crippen LogP contribution in [0.1, 0.15) is 23.6 Å². The van der Waals surface area contributed by atoms with Crippen LogP contribution in [0, 0.1) is 0 Å². The molecule has 90 valence electrons. The zero-order valence-corrected chi connectivity index (χ0v) is 10.6. The van der Waals surface area contributed by atoms with E-state index in [9.17, 15) is 0 Å². The van der Waals surface area contributed by atoms with Crippen LogP contribution in [-0.2, 0) is 6.54 Å². The summed E-state index contributed by atoms with van der Waals surface area (Å²) in [6.07, 6.45) is 2.29. The number of fused-ring (bicyclic) bond motifs is 1. The SMILES string of the molecule is CC1NCc2ccccc2/C1=C\c1ccccc1. The Morgan fingerprint density at radius 1 is 1.00 bits per heavy atom. The summed E-state index contributed by atoms with van der Waals surface area (Å²) in [4.78, 5) is 0. The highest BCUT2D eigenvalue weighted by Crippen LogP contribution is 2.28. The third-order valence-corrected chi connectivity index (χ3v) is 3.52. The number of nitrogens with one attached hydrogen (secondary N) is 1. The molecule has 1 heterocycles. The van der Waals surface area contributed by atoms with Crippen molar-refractivity contribution < 1.29 is 0 Å². The van der Waals surface area contributed by atoms with Crippen molar-refractivity contribution in [3.8, 4) is 0 Å². The fourth-order valence-corrected chi connectivity index (χ4v) is 2.49. The van der Waals surface area contributed by atoms with Crippen molar-refractivity contribution in [1.82, 2.24) is 5.32 Å². The summed E-state index contributed by atoms with van der Waals surface area (Å²) in [6.45, 7) is 3.19. The number of benzene rings is 2.